The fraction of sp³-hybridized carbons (Fsp3) is 1.00. The molecule has 1 N–H and O–H groups in total. The molecule has 2 heteroatoms. The van der Waals surface area contributed by atoms with Crippen molar-refractivity contribution in [2.75, 3.05) is 26.2 Å². The van der Waals surface area contributed by atoms with Gasteiger partial charge >= 0.3 is 0 Å². The Morgan fingerprint density at radius 1 is 1.18 bits per heavy atom. The Hall–Kier alpha value is -0.0800. The Morgan fingerprint density at radius 2 is 1.82 bits per heavy atom. The topological polar surface area (TPSA) is 15.3 Å². The van der Waals surface area contributed by atoms with Crippen LogP contribution in [0.4, 0.5) is 0 Å². The maximum absolute atomic E-state index is 3.60. The average Bonchev–Trinajstić information content (AvgIpc) is 2.26. The van der Waals surface area contributed by atoms with Gasteiger partial charge in [0.15, 0.2) is 0 Å². The van der Waals surface area contributed by atoms with Gasteiger partial charge in [-0.1, -0.05) is 34.6 Å². The molecule has 102 valence electrons. The average molecular weight is 240 g/mol. The number of hydrogen-bond acceptors (Lipinski definition) is 2. The third-order valence-corrected chi connectivity index (χ3v) is 4.18. The van der Waals surface area contributed by atoms with E-state index in [4.69, 9.17) is 0 Å². The molecule has 1 fully saturated rings. The predicted octanol–water partition coefficient (Wildman–Crippen LogP) is 2.99. The van der Waals surface area contributed by atoms with Gasteiger partial charge in [0.25, 0.3) is 0 Å². The second kappa shape index (κ2) is 7.38. The first kappa shape index (κ1) is 15.0. The van der Waals surface area contributed by atoms with Crippen LogP contribution in [0.3, 0.4) is 0 Å². The van der Waals surface area contributed by atoms with Crippen LogP contribution in [0.15, 0.2) is 0 Å². The van der Waals surface area contributed by atoms with E-state index in [0.717, 1.165) is 30.3 Å². The van der Waals surface area contributed by atoms with Crippen LogP contribution in [0, 0.1) is 17.8 Å². The lowest BCUT2D eigenvalue weighted by molar-refractivity contribution is 0.128. The molecule has 2 nitrogen and oxygen atoms in total. The van der Waals surface area contributed by atoms with Crippen LogP contribution in [0.1, 0.15) is 47.5 Å². The summed E-state index contributed by atoms with van der Waals surface area (Å²) < 4.78 is 0. The van der Waals surface area contributed by atoms with Crippen molar-refractivity contribution in [1.82, 2.24) is 10.2 Å². The third-order valence-electron chi connectivity index (χ3n) is 4.18. The summed E-state index contributed by atoms with van der Waals surface area (Å²) in [6.07, 6.45) is 2.72. The van der Waals surface area contributed by atoms with Crippen LogP contribution in [0.25, 0.3) is 0 Å². The molecule has 1 aliphatic heterocycles. The predicted molar refractivity (Wildman–Crippen MR) is 76.3 cm³/mol. The van der Waals surface area contributed by atoms with Gasteiger partial charge in [0.1, 0.15) is 0 Å². The lowest BCUT2D eigenvalue weighted by Gasteiger charge is -2.37. The molecule has 1 heterocycles. The molecular formula is C15H32N2. The van der Waals surface area contributed by atoms with Crippen molar-refractivity contribution in [1.29, 1.82) is 0 Å². The molecule has 0 aromatic heterocycles. The fourth-order valence-corrected chi connectivity index (χ4v) is 3.17. The van der Waals surface area contributed by atoms with Crippen molar-refractivity contribution >= 4 is 0 Å². The number of nitrogens with one attached hydrogen (secondary N) is 1. The van der Waals surface area contributed by atoms with Gasteiger partial charge in [-0.2, -0.15) is 0 Å². The van der Waals surface area contributed by atoms with Gasteiger partial charge in [-0.3, -0.25) is 0 Å². The largest absolute Gasteiger partial charge is 0.313 e. The number of rotatable bonds is 6. The van der Waals surface area contributed by atoms with E-state index in [1.807, 2.05) is 0 Å². The van der Waals surface area contributed by atoms with E-state index in [-0.39, 0.29) is 0 Å². The number of likely N-dealkylation sites (N-methyl/N-ethyl adjacent to an activating group) is 1. The van der Waals surface area contributed by atoms with Crippen LogP contribution in [0.2, 0.25) is 0 Å². The Morgan fingerprint density at radius 3 is 2.35 bits per heavy atom. The lowest BCUT2D eigenvalue weighted by atomic mass is 9.84. The molecule has 0 saturated carbocycles. The second-order valence-electron chi connectivity index (χ2n) is 6.31. The number of nitrogens with zero attached hydrogens (tertiary/aromatic N) is 1. The molecule has 0 radical (unpaired) electrons. The first-order valence-corrected chi connectivity index (χ1v) is 7.50. The zero-order valence-corrected chi connectivity index (χ0v) is 12.5. The third kappa shape index (κ3) is 4.97. The Labute approximate surface area is 108 Å². The molecule has 0 aromatic carbocycles. The molecule has 17 heavy (non-hydrogen) atoms. The Balaban J connectivity index is 2.43. The highest BCUT2D eigenvalue weighted by molar-refractivity contribution is 4.80. The number of piperidine rings is 1. The summed E-state index contributed by atoms with van der Waals surface area (Å²) in [7, 11) is 0. The van der Waals surface area contributed by atoms with Gasteiger partial charge in [0.05, 0.1) is 0 Å². The molecular weight excluding hydrogens is 208 g/mol. The minimum Gasteiger partial charge on any atom is -0.313 e. The highest BCUT2D eigenvalue weighted by Gasteiger charge is 2.24. The highest BCUT2D eigenvalue weighted by atomic mass is 15.2. The van der Waals surface area contributed by atoms with E-state index in [1.165, 1.54) is 32.5 Å². The molecule has 1 atom stereocenters. The summed E-state index contributed by atoms with van der Waals surface area (Å²) >= 11 is 0. The lowest BCUT2D eigenvalue weighted by Crippen LogP contribution is -2.48. The second-order valence-corrected chi connectivity index (χ2v) is 6.31. The van der Waals surface area contributed by atoms with Gasteiger partial charge in [-0.15, -0.1) is 0 Å². The summed E-state index contributed by atoms with van der Waals surface area (Å²) in [6, 6.07) is 0.730. The normalized spacial score (nSPS) is 22.9. The van der Waals surface area contributed by atoms with Gasteiger partial charge in [0, 0.05) is 19.1 Å². The monoisotopic (exact) mass is 240 g/mol. The van der Waals surface area contributed by atoms with Crippen molar-refractivity contribution in [2.24, 2.45) is 17.8 Å². The minimum absolute atomic E-state index is 0.730. The Kier molecular flexibility index (Phi) is 6.50. The van der Waals surface area contributed by atoms with Crippen LogP contribution in [-0.4, -0.2) is 37.1 Å². The van der Waals surface area contributed by atoms with Gasteiger partial charge < -0.3 is 10.2 Å². The van der Waals surface area contributed by atoms with Crippen molar-refractivity contribution in [3.05, 3.63) is 0 Å². The zero-order chi connectivity index (χ0) is 12.8. The quantitative estimate of drug-likeness (QED) is 0.768. The molecule has 1 rings (SSSR count). The van der Waals surface area contributed by atoms with E-state index >= 15 is 0 Å². The SMILES string of the molecule is CCNC1CCCN(CC(C(C)C)C(C)C)C1. The molecule has 1 saturated heterocycles. The van der Waals surface area contributed by atoms with Crippen LogP contribution < -0.4 is 5.32 Å². The van der Waals surface area contributed by atoms with Crippen LogP contribution in [-0.2, 0) is 0 Å². The van der Waals surface area contributed by atoms with Gasteiger partial charge in [-0.05, 0) is 43.7 Å². The van der Waals surface area contributed by atoms with Crippen LogP contribution in [0.5, 0.6) is 0 Å². The Bertz CT molecular complexity index is 191. The summed E-state index contributed by atoms with van der Waals surface area (Å²) in [4.78, 5) is 2.68. The molecule has 1 aliphatic rings. The van der Waals surface area contributed by atoms with Crippen molar-refractivity contribution in [3.63, 3.8) is 0 Å². The summed E-state index contributed by atoms with van der Waals surface area (Å²) in [5.41, 5.74) is 0. The number of likely N-dealkylation sites (tertiary alicyclic amines) is 1. The van der Waals surface area contributed by atoms with E-state index in [1.54, 1.807) is 0 Å². The molecule has 0 aromatic rings. The standard InChI is InChI=1S/C15H32N2/c1-6-16-14-8-7-9-17(10-14)11-15(12(2)3)13(4)5/h12-16H,6-11H2,1-5H3. The molecule has 0 aliphatic carbocycles. The van der Waals surface area contributed by atoms with Crippen molar-refractivity contribution in [3.8, 4) is 0 Å². The molecule has 0 amide bonds. The fourth-order valence-electron chi connectivity index (χ4n) is 3.17. The highest BCUT2D eigenvalue weighted by Crippen LogP contribution is 2.23. The van der Waals surface area contributed by atoms with E-state index in [9.17, 15) is 0 Å². The summed E-state index contributed by atoms with van der Waals surface area (Å²) in [5.74, 6) is 2.44. The molecule has 1 unspecified atom stereocenters. The van der Waals surface area contributed by atoms with Crippen LogP contribution >= 0.6 is 0 Å². The smallest absolute Gasteiger partial charge is 0.0195 e. The molecule has 0 bridgehead atoms. The maximum atomic E-state index is 3.60. The molecule has 0 spiro atoms. The summed E-state index contributed by atoms with van der Waals surface area (Å²) in [5, 5.41) is 3.60. The van der Waals surface area contributed by atoms with Crippen molar-refractivity contribution < 1.29 is 0 Å². The zero-order valence-electron chi connectivity index (χ0n) is 12.5. The van der Waals surface area contributed by atoms with E-state index in [0.29, 0.717) is 0 Å². The minimum atomic E-state index is 0.730. The first-order chi connectivity index (χ1) is 8.04. The summed E-state index contributed by atoms with van der Waals surface area (Å²) in [6.45, 7) is 16.7. The van der Waals surface area contributed by atoms with Gasteiger partial charge in [-0.25, -0.2) is 0 Å². The van der Waals surface area contributed by atoms with Gasteiger partial charge in [0.2, 0.25) is 0 Å². The van der Waals surface area contributed by atoms with E-state index in [2.05, 4.69) is 44.8 Å². The van der Waals surface area contributed by atoms with E-state index < -0.39 is 0 Å². The first-order valence-electron chi connectivity index (χ1n) is 7.50. The number of hydrogen-bond donors (Lipinski definition) is 1. The van der Waals surface area contributed by atoms with Crippen molar-refractivity contribution in [2.45, 2.75) is 53.5 Å². The maximum Gasteiger partial charge on any atom is 0.0195 e.